The van der Waals surface area contributed by atoms with Crippen LogP contribution in [0.15, 0.2) is 36.4 Å². The van der Waals surface area contributed by atoms with Crippen LogP contribution in [-0.2, 0) is 11.2 Å². The van der Waals surface area contributed by atoms with Gasteiger partial charge in [0.05, 0.1) is 19.3 Å². The second kappa shape index (κ2) is 10.6. The van der Waals surface area contributed by atoms with E-state index in [1.54, 1.807) is 0 Å². The van der Waals surface area contributed by atoms with Gasteiger partial charge in [-0.2, -0.15) is 0 Å². The van der Waals surface area contributed by atoms with E-state index in [9.17, 15) is 4.79 Å². The summed E-state index contributed by atoms with van der Waals surface area (Å²) < 4.78 is 18.0. The molecule has 0 spiro atoms. The summed E-state index contributed by atoms with van der Waals surface area (Å²) in [5.41, 5.74) is 4.41. The summed E-state index contributed by atoms with van der Waals surface area (Å²) in [5.74, 6) is 2.70. The van der Waals surface area contributed by atoms with Crippen LogP contribution in [0.2, 0.25) is 0 Å². The fourth-order valence-electron chi connectivity index (χ4n) is 6.18. The van der Waals surface area contributed by atoms with Crippen LogP contribution in [0.25, 0.3) is 11.1 Å². The second-order valence-corrected chi connectivity index (χ2v) is 12.0. The molecule has 4 aliphatic rings. The van der Waals surface area contributed by atoms with E-state index in [1.165, 1.54) is 5.56 Å². The zero-order chi connectivity index (χ0) is 26.2. The van der Waals surface area contributed by atoms with Gasteiger partial charge in [-0.05, 0) is 97.5 Å². The Hall–Kier alpha value is -2.73. The first-order valence-corrected chi connectivity index (χ1v) is 14.0. The summed E-state index contributed by atoms with van der Waals surface area (Å²) in [4.78, 5) is 15.5. The number of amides is 1. The van der Waals surface area contributed by atoms with Crippen LogP contribution in [0.4, 0.5) is 4.79 Å². The topological polar surface area (TPSA) is 60.0 Å². The maximum atomic E-state index is 13.1. The Morgan fingerprint density at radius 2 is 1.84 bits per heavy atom. The molecule has 6 heteroatoms. The number of hydrogen-bond donors (Lipinski definition) is 1. The highest BCUT2D eigenvalue weighted by Gasteiger charge is 2.42. The molecule has 37 heavy (non-hydrogen) atoms. The smallest absolute Gasteiger partial charge is 0.407 e. The summed E-state index contributed by atoms with van der Waals surface area (Å²) in [6.45, 7) is 15.1. The third kappa shape index (κ3) is 5.59. The number of carbonyl (C=O) groups is 1. The van der Waals surface area contributed by atoms with Gasteiger partial charge in [0.2, 0.25) is 0 Å². The Labute approximate surface area is 221 Å². The van der Waals surface area contributed by atoms with E-state index in [1.807, 2.05) is 19.1 Å². The molecule has 1 amide bonds. The van der Waals surface area contributed by atoms with E-state index in [0.29, 0.717) is 25.0 Å². The molecule has 2 aromatic carbocycles. The summed E-state index contributed by atoms with van der Waals surface area (Å²) in [5, 5.41) is 3.24. The lowest BCUT2D eigenvalue weighted by atomic mass is 9.85. The Bertz CT molecular complexity index is 1100. The van der Waals surface area contributed by atoms with E-state index in [4.69, 9.17) is 14.2 Å². The first-order chi connectivity index (χ1) is 17.7. The predicted octanol–water partition coefficient (Wildman–Crippen LogP) is 6.23. The van der Waals surface area contributed by atoms with Crippen LogP contribution in [-0.4, -0.2) is 49.9 Å². The summed E-state index contributed by atoms with van der Waals surface area (Å²) in [6, 6.07) is 12.5. The number of rotatable bonds is 8. The molecule has 1 aliphatic carbocycles. The Kier molecular flexibility index (Phi) is 7.39. The summed E-state index contributed by atoms with van der Waals surface area (Å²) >= 11 is 0. The summed E-state index contributed by atoms with van der Waals surface area (Å²) in [6.07, 6.45) is 2.83. The average Bonchev–Trinajstić information content (AvgIpc) is 3.12. The predicted molar refractivity (Wildman–Crippen MR) is 146 cm³/mol. The first kappa shape index (κ1) is 25.9. The van der Waals surface area contributed by atoms with Gasteiger partial charge in [-0.25, -0.2) is 4.79 Å². The number of piperidine rings is 3. The molecule has 0 radical (unpaired) electrons. The number of alkyl carbamates (subject to hydrolysis) is 1. The lowest BCUT2D eigenvalue weighted by molar-refractivity contribution is -0.0349. The summed E-state index contributed by atoms with van der Waals surface area (Å²) in [7, 11) is 0. The fourth-order valence-corrected chi connectivity index (χ4v) is 6.18. The molecular formula is C31H42N2O4. The zero-order valence-electron chi connectivity index (χ0n) is 23.0. The second-order valence-electron chi connectivity index (χ2n) is 12.0. The minimum atomic E-state index is -0.302. The largest absolute Gasteiger partial charge is 0.493 e. The van der Waals surface area contributed by atoms with Crippen LogP contribution in [0.1, 0.15) is 64.6 Å². The zero-order valence-corrected chi connectivity index (χ0v) is 23.0. The standard InChI is InChI=1S/C31H42N2O4/c1-6-35-27-16-26-23(15-25(27)21-7-9-24(10-8-21)36-19-20(2)3)17-31(4,5)29(26)32-30(34)37-28-18-33-13-11-22(28)12-14-33/h7-10,15-16,20,22,28-29H,6,11-14,17-19H2,1-5H3,(H,32,34)/t28-,29-/m0/s1. The van der Waals surface area contributed by atoms with Gasteiger partial charge in [-0.3, -0.25) is 4.90 Å². The lowest BCUT2D eigenvalue weighted by Gasteiger charge is -2.44. The maximum absolute atomic E-state index is 13.1. The van der Waals surface area contributed by atoms with Gasteiger partial charge in [-0.1, -0.05) is 39.8 Å². The van der Waals surface area contributed by atoms with Gasteiger partial charge in [0.15, 0.2) is 0 Å². The molecule has 0 unspecified atom stereocenters. The molecule has 2 aromatic rings. The molecule has 200 valence electrons. The normalized spacial score (nSPS) is 25.6. The molecule has 3 saturated heterocycles. The van der Waals surface area contributed by atoms with Crippen molar-refractivity contribution in [3.8, 4) is 22.6 Å². The number of carbonyl (C=O) groups excluding carboxylic acids is 1. The van der Waals surface area contributed by atoms with Crippen molar-refractivity contribution in [1.82, 2.24) is 10.2 Å². The van der Waals surface area contributed by atoms with E-state index >= 15 is 0 Å². The number of nitrogens with zero attached hydrogens (tertiary/aromatic N) is 1. The fraction of sp³-hybridized carbons (Fsp3) is 0.581. The molecule has 6 nitrogen and oxygen atoms in total. The Balaban J connectivity index is 1.36. The molecule has 1 N–H and O–H groups in total. The van der Waals surface area contributed by atoms with Gasteiger partial charge in [0.1, 0.15) is 17.6 Å². The van der Waals surface area contributed by atoms with Gasteiger partial charge in [0.25, 0.3) is 0 Å². The minimum Gasteiger partial charge on any atom is -0.493 e. The number of nitrogens with one attached hydrogen (secondary N) is 1. The molecule has 0 aromatic heterocycles. The van der Waals surface area contributed by atoms with Gasteiger partial charge < -0.3 is 19.5 Å². The van der Waals surface area contributed by atoms with Crippen molar-refractivity contribution < 1.29 is 19.0 Å². The van der Waals surface area contributed by atoms with Crippen LogP contribution < -0.4 is 14.8 Å². The first-order valence-electron chi connectivity index (χ1n) is 14.0. The van der Waals surface area contributed by atoms with E-state index in [2.05, 4.69) is 62.2 Å². The van der Waals surface area contributed by atoms with Crippen LogP contribution in [0, 0.1) is 17.3 Å². The van der Waals surface area contributed by atoms with E-state index in [0.717, 1.165) is 67.1 Å². The lowest BCUT2D eigenvalue weighted by Crippen LogP contribution is -2.53. The number of hydrogen-bond acceptors (Lipinski definition) is 5. The van der Waals surface area contributed by atoms with Crippen molar-refractivity contribution in [1.29, 1.82) is 0 Å². The molecule has 6 rings (SSSR count). The highest BCUT2D eigenvalue weighted by molar-refractivity contribution is 5.74. The van der Waals surface area contributed by atoms with E-state index in [-0.39, 0.29) is 23.7 Å². The molecule has 3 heterocycles. The molecule has 3 aliphatic heterocycles. The van der Waals surface area contributed by atoms with Crippen LogP contribution >= 0.6 is 0 Å². The molecule has 2 bridgehead atoms. The number of ether oxygens (including phenoxy) is 3. The SMILES string of the molecule is CCOc1cc2c(cc1-c1ccc(OCC(C)C)cc1)CC(C)(C)[C@H]2NC(=O)O[C@H]1CN2CCC1CC2. The Morgan fingerprint density at radius 3 is 2.46 bits per heavy atom. The van der Waals surface area contributed by atoms with E-state index < -0.39 is 0 Å². The third-order valence-corrected chi connectivity index (χ3v) is 8.15. The van der Waals surface area contributed by atoms with Crippen molar-refractivity contribution in [3.05, 3.63) is 47.5 Å². The van der Waals surface area contributed by atoms with Gasteiger partial charge in [0, 0.05) is 12.1 Å². The molecule has 0 saturated carbocycles. The molecule has 2 atom stereocenters. The highest BCUT2D eigenvalue weighted by atomic mass is 16.6. The van der Waals surface area contributed by atoms with Gasteiger partial charge in [-0.15, -0.1) is 0 Å². The van der Waals surface area contributed by atoms with Crippen molar-refractivity contribution in [2.45, 2.75) is 66.0 Å². The van der Waals surface area contributed by atoms with Crippen molar-refractivity contribution in [3.63, 3.8) is 0 Å². The van der Waals surface area contributed by atoms with Crippen LogP contribution in [0.5, 0.6) is 11.5 Å². The minimum absolute atomic E-state index is 0.000312. The average molecular weight is 507 g/mol. The van der Waals surface area contributed by atoms with Crippen LogP contribution in [0.3, 0.4) is 0 Å². The van der Waals surface area contributed by atoms with Crippen molar-refractivity contribution in [2.75, 3.05) is 32.8 Å². The Morgan fingerprint density at radius 1 is 1.11 bits per heavy atom. The molecule has 3 fully saturated rings. The maximum Gasteiger partial charge on any atom is 0.407 e. The highest BCUT2D eigenvalue weighted by Crippen LogP contribution is 2.49. The quantitative estimate of drug-likeness (QED) is 0.460. The third-order valence-electron chi connectivity index (χ3n) is 8.15. The van der Waals surface area contributed by atoms with Gasteiger partial charge >= 0.3 is 6.09 Å². The number of benzene rings is 2. The number of fused-ring (bicyclic) bond motifs is 4. The molecular weight excluding hydrogens is 464 g/mol. The van der Waals surface area contributed by atoms with Crippen molar-refractivity contribution in [2.24, 2.45) is 17.3 Å². The van der Waals surface area contributed by atoms with Crippen molar-refractivity contribution >= 4 is 6.09 Å². The monoisotopic (exact) mass is 506 g/mol.